The highest BCUT2D eigenvalue weighted by Crippen LogP contribution is 1.77. The summed E-state index contributed by atoms with van der Waals surface area (Å²) in [4.78, 5) is 0. The number of aliphatic hydroxyl groups excluding tert-OH is 1. The molecule has 52 valence electrons. The van der Waals surface area contributed by atoms with Crippen molar-refractivity contribution in [3.8, 4) is 0 Å². The molecule has 2 heteroatoms. The second kappa shape index (κ2) is 15.8. The van der Waals surface area contributed by atoms with Gasteiger partial charge in [-0.15, -0.1) is 0 Å². The van der Waals surface area contributed by atoms with Gasteiger partial charge < -0.3 is 10.8 Å². The van der Waals surface area contributed by atoms with Gasteiger partial charge in [-0.05, 0) is 19.9 Å². The summed E-state index contributed by atoms with van der Waals surface area (Å²) in [6.07, 6.45) is 2.39. The Hall–Kier alpha value is -0.0800. The summed E-state index contributed by atoms with van der Waals surface area (Å²) in [6.45, 7) is 4.91. The van der Waals surface area contributed by atoms with Crippen LogP contribution in [0.3, 0.4) is 0 Å². The van der Waals surface area contributed by atoms with E-state index in [1.165, 1.54) is 12.8 Å². The molecule has 0 amide bonds. The number of nitrogens with two attached hydrogens (primary N) is 1. The van der Waals surface area contributed by atoms with Gasteiger partial charge in [0.2, 0.25) is 0 Å². The molecule has 0 unspecified atom stereocenters. The Kier molecular flexibility index (Phi) is 21.3. The van der Waals surface area contributed by atoms with Crippen LogP contribution in [0.1, 0.15) is 26.7 Å². The molecule has 0 aromatic heterocycles. The highest BCUT2D eigenvalue weighted by Gasteiger charge is 1.67. The van der Waals surface area contributed by atoms with Crippen LogP contribution in [0, 0.1) is 0 Å². The van der Waals surface area contributed by atoms with E-state index >= 15 is 0 Å². The zero-order valence-electron chi connectivity index (χ0n) is 5.85. The Bertz CT molecular complexity index is 22.5. The third kappa shape index (κ3) is 38.9. The standard InChI is InChI=1S/C4H11N.C2H6O/c1-2-3-4-5;1-2-3/h2-5H2,1H3;3H,2H2,1H3. The number of rotatable bonds is 2. The molecule has 0 aromatic rings. The SMILES string of the molecule is CCCCN.CCO. The van der Waals surface area contributed by atoms with Gasteiger partial charge in [-0.2, -0.15) is 0 Å². The summed E-state index contributed by atoms with van der Waals surface area (Å²) in [6, 6.07) is 0. The van der Waals surface area contributed by atoms with Crippen LogP contribution in [0.25, 0.3) is 0 Å². The van der Waals surface area contributed by atoms with E-state index in [-0.39, 0.29) is 6.61 Å². The molecule has 0 saturated heterocycles. The fraction of sp³-hybridized carbons (Fsp3) is 1.00. The molecular weight excluding hydrogens is 102 g/mol. The van der Waals surface area contributed by atoms with Crippen molar-refractivity contribution in [1.29, 1.82) is 0 Å². The number of unbranched alkanes of at least 4 members (excludes halogenated alkanes) is 1. The molecule has 0 bridgehead atoms. The lowest BCUT2D eigenvalue weighted by Crippen LogP contribution is -1.95. The zero-order chi connectivity index (χ0) is 6.83. The largest absolute Gasteiger partial charge is 0.397 e. The number of hydrogen-bond acceptors (Lipinski definition) is 2. The minimum absolute atomic E-state index is 0.250. The van der Waals surface area contributed by atoms with E-state index in [9.17, 15) is 0 Å². The van der Waals surface area contributed by atoms with Crippen LogP contribution >= 0.6 is 0 Å². The highest BCUT2D eigenvalue weighted by atomic mass is 16.2. The Morgan fingerprint density at radius 2 is 1.75 bits per heavy atom. The van der Waals surface area contributed by atoms with Gasteiger partial charge in [-0.3, -0.25) is 0 Å². The molecular formula is C6H17NO. The van der Waals surface area contributed by atoms with Crippen LogP contribution in [0.5, 0.6) is 0 Å². The topological polar surface area (TPSA) is 46.2 Å². The van der Waals surface area contributed by atoms with Gasteiger partial charge in [0.15, 0.2) is 0 Å². The molecule has 0 atom stereocenters. The molecule has 2 nitrogen and oxygen atoms in total. The van der Waals surface area contributed by atoms with Gasteiger partial charge in [0.05, 0.1) is 0 Å². The summed E-state index contributed by atoms with van der Waals surface area (Å²) in [5.41, 5.74) is 5.14. The van der Waals surface area contributed by atoms with Crippen LogP contribution in [0.15, 0.2) is 0 Å². The second-order valence-electron chi connectivity index (χ2n) is 1.46. The predicted molar refractivity (Wildman–Crippen MR) is 36.7 cm³/mol. The lowest BCUT2D eigenvalue weighted by Gasteiger charge is -1.80. The van der Waals surface area contributed by atoms with Gasteiger partial charge in [0.25, 0.3) is 0 Å². The van der Waals surface area contributed by atoms with Crippen LogP contribution in [0.4, 0.5) is 0 Å². The third-order valence-corrected chi connectivity index (χ3v) is 0.558. The Morgan fingerprint density at radius 3 is 1.75 bits per heavy atom. The molecule has 0 radical (unpaired) electrons. The van der Waals surface area contributed by atoms with E-state index < -0.39 is 0 Å². The third-order valence-electron chi connectivity index (χ3n) is 0.558. The van der Waals surface area contributed by atoms with Crippen molar-refractivity contribution in [1.82, 2.24) is 0 Å². The normalized spacial score (nSPS) is 7.50. The molecule has 0 aliphatic rings. The molecule has 0 spiro atoms. The number of hydrogen-bond donors (Lipinski definition) is 2. The van der Waals surface area contributed by atoms with Crippen LogP contribution in [-0.2, 0) is 0 Å². The fourth-order valence-corrected chi connectivity index (χ4v) is 0.204. The van der Waals surface area contributed by atoms with Crippen molar-refractivity contribution >= 4 is 0 Å². The van der Waals surface area contributed by atoms with Crippen molar-refractivity contribution in [3.63, 3.8) is 0 Å². The van der Waals surface area contributed by atoms with E-state index in [4.69, 9.17) is 10.8 Å². The molecule has 0 heterocycles. The first-order chi connectivity index (χ1) is 3.83. The maximum atomic E-state index is 7.57. The molecule has 0 aromatic carbocycles. The van der Waals surface area contributed by atoms with Gasteiger partial charge in [-0.1, -0.05) is 13.3 Å². The van der Waals surface area contributed by atoms with Gasteiger partial charge in [-0.25, -0.2) is 0 Å². The minimum Gasteiger partial charge on any atom is -0.397 e. The van der Waals surface area contributed by atoms with Crippen LogP contribution < -0.4 is 5.73 Å². The van der Waals surface area contributed by atoms with Crippen LogP contribution in [-0.4, -0.2) is 18.3 Å². The maximum Gasteiger partial charge on any atom is 0.0402 e. The molecule has 3 N–H and O–H groups in total. The Morgan fingerprint density at radius 1 is 1.38 bits per heavy atom. The summed E-state index contributed by atoms with van der Waals surface area (Å²) in [5, 5.41) is 7.57. The average molecular weight is 119 g/mol. The zero-order valence-corrected chi connectivity index (χ0v) is 5.85. The summed E-state index contributed by atoms with van der Waals surface area (Å²) in [7, 11) is 0. The second-order valence-corrected chi connectivity index (χ2v) is 1.46. The van der Waals surface area contributed by atoms with Crippen molar-refractivity contribution in [3.05, 3.63) is 0 Å². The lowest BCUT2D eigenvalue weighted by atomic mass is 10.3. The number of aliphatic hydroxyl groups is 1. The fourth-order valence-electron chi connectivity index (χ4n) is 0.204. The molecule has 0 fully saturated rings. The van der Waals surface area contributed by atoms with E-state index in [0.29, 0.717) is 0 Å². The average Bonchev–Trinajstić information content (AvgIpc) is 1.71. The van der Waals surface area contributed by atoms with Crippen molar-refractivity contribution in [2.24, 2.45) is 5.73 Å². The van der Waals surface area contributed by atoms with Gasteiger partial charge in [0, 0.05) is 6.61 Å². The predicted octanol–water partition coefficient (Wildman–Crippen LogP) is 0.744. The van der Waals surface area contributed by atoms with Gasteiger partial charge in [0.1, 0.15) is 0 Å². The van der Waals surface area contributed by atoms with Crippen molar-refractivity contribution in [2.45, 2.75) is 26.7 Å². The smallest absolute Gasteiger partial charge is 0.0402 e. The molecule has 0 saturated carbocycles. The van der Waals surface area contributed by atoms with Crippen molar-refractivity contribution < 1.29 is 5.11 Å². The molecule has 8 heavy (non-hydrogen) atoms. The minimum atomic E-state index is 0.250. The maximum absolute atomic E-state index is 7.57. The quantitative estimate of drug-likeness (QED) is 0.563. The summed E-state index contributed by atoms with van der Waals surface area (Å²) in [5.74, 6) is 0. The lowest BCUT2D eigenvalue weighted by molar-refractivity contribution is 0.318. The molecule has 0 rings (SSSR count). The van der Waals surface area contributed by atoms with E-state index in [0.717, 1.165) is 6.54 Å². The summed E-state index contributed by atoms with van der Waals surface area (Å²) >= 11 is 0. The first-order valence-corrected chi connectivity index (χ1v) is 3.14. The van der Waals surface area contributed by atoms with Crippen LogP contribution in [0.2, 0.25) is 0 Å². The first kappa shape index (κ1) is 10.8. The monoisotopic (exact) mass is 119 g/mol. The Labute approximate surface area is 51.7 Å². The van der Waals surface area contributed by atoms with E-state index in [1.807, 2.05) is 0 Å². The van der Waals surface area contributed by atoms with E-state index in [1.54, 1.807) is 6.92 Å². The first-order valence-electron chi connectivity index (χ1n) is 3.14. The van der Waals surface area contributed by atoms with Crippen molar-refractivity contribution in [2.75, 3.05) is 13.2 Å². The molecule has 0 aliphatic heterocycles. The summed E-state index contributed by atoms with van der Waals surface area (Å²) < 4.78 is 0. The Balaban J connectivity index is 0. The molecule has 0 aliphatic carbocycles. The van der Waals surface area contributed by atoms with E-state index in [2.05, 4.69) is 6.92 Å². The highest BCUT2D eigenvalue weighted by molar-refractivity contribution is 4.29. The van der Waals surface area contributed by atoms with Gasteiger partial charge >= 0.3 is 0 Å².